The van der Waals surface area contributed by atoms with E-state index in [2.05, 4.69) is 5.32 Å². The second kappa shape index (κ2) is 7.71. The second-order valence-electron chi connectivity index (χ2n) is 5.72. The average Bonchev–Trinajstić information content (AvgIpc) is 3.05. The molecule has 1 aliphatic rings. The summed E-state index contributed by atoms with van der Waals surface area (Å²) < 4.78 is 63.0. The number of benzene rings is 1. The summed E-state index contributed by atoms with van der Waals surface area (Å²) in [7, 11) is -3.85. The topological polar surface area (TPSA) is 86.7 Å². The number of aliphatic hydroxyl groups excluding tert-OH is 1. The second-order valence-corrected chi connectivity index (χ2v) is 7.61. The molecule has 6 nitrogen and oxygen atoms in total. The lowest BCUT2D eigenvalue weighted by molar-refractivity contribution is -0.205. The van der Waals surface area contributed by atoms with Gasteiger partial charge < -0.3 is 10.4 Å². The SMILES string of the molecule is O=C(NCC[C@H](O)C(F)(F)F)[C@@H]1CCCN1S(=O)(=O)c1ccccc1. The highest BCUT2D eigenvalue weighted by Gasteiger charge is 2.40. The molecule has 0 radical (unpaired) electrons. The maximum atomic E-state index is 12.6. The number of halogens is 3. The van der Waals surface area contributed by atoms with Gasteiger partial charge in [0.15, 0.2) is 6.10 Å². The first-order valence-electron chi connectivity index (χ1n) is 7.73. The van der Waals surface area contributed by atoms with Crippen LogP contribution in [0.2, 0.25) is 0 Å². The molecule has 2 rings (SSSR count). The van der Waals surface area contributed by atoms with Gasteiger partial charge in [0.1, 0.15) is 6.04 Å². The van der Waals surface area contributed by atoms with Crippen molar-refractivity contribution < 1.29 is 31.5 Å². The van der Waals surface area contributed by atoms with Gasteiger partial charge in [-0.2, -0.15) is 17.5 Å². The molecule has 1 aliphatic heterocycles. The highest BCUT2D eigenvalue weighted by Crippen LogP contribution is 2.26. The minimum absolute atomic E-state index is 0.0576. The average molecular weight is 380 g/mol. The summed E-state index contributed by atoms with van der Waals surface area (Å²) in [6.07, 6.45) is -7.19. The lowest BCUT2D eigenvalue weighted by Gasteiger charge is -2.23. The summed E-state index contributed by atoms with van der Waals surface area (Å²) in [5, 5.41) is 11.2. The van der Waals surface area contributed by atoms with Gasteiger partial charge in [-0.3, -0.25) is 4.79 Å². The van der Waals surface area contributed by atoms with Crippen LogP contribution in [0.1, 0.15) is 19.3 Å². The molecule has 1 aromatic rings. The van der Waals surface area contributed by atoms with Crippen molar-refractivity contribution in [1.82, 2.24) is 9.62 Å². The first-order valence-corrected chi connectivity index (χ1v) is 9.17. The standard InChI is InChI=1S/C15H19F3N2O4S/c16-15(17,18)13(21)8-9-19-14(22)12-7-4-10-20(12)25(23,24)11-5-2-1-3-6-11/h1-3,5-6,12-13,21H,4,7-10H2,(H,19,22)/t12-,13-/m0/s1. The van der Waals surface area contributed by atoms with E-state index >= 15 is 0 Å². The van der Waals surface area contributed by atoms with Gasteiger partial charge in [-0.1, -0.05) is 18.2 Å². The molecule has 0 aromatic heterocycles. The molecule has 1 amide bonds. The predicted molar refractivity (Wildman–Crippen MR) is 83.0 cm³/mol. The normalized spacial score (nSPS) is 20.4. The number of alkyl halides is 3. The molecule has 0 unspecified atom stereocenters. The van der Waals surface area contributed by atoms with Gasteiger partial charge in [0.2, 0.25) is 15.9 Å². The van der Waals surface area contributed by atoms with E-state index in [1.54, 1.807) is 18.2 Å². The molecule has 1 fully saturated rings. The fourth-order valence-electron chi connectivity index (χ4n) is 2.63. The Labute approximate surface area is 143 Å². The summed E-state index contributed by atoms with van der Waals surface area (Å²) in [5.41, 5.74) is 0. The van der Waals surface area contributed by atoms with Crippen LogP contribution in [0.3, 0.4) is 0 Å². The number of hydrogen-bond donors (Lipinski definition) is 2. The van der Waals surface area contributed by atoms with Crippen LogP contribution in [-0.2, 0) is 14.8 Å². The Hall–Kier alpha value is -1.65. The number of carbonyl (C=O) groups is 1. The Morgan fingerprint density at radius 2 is 1.96 bits per heavy atom. The molecule has 2 N–H and O–H groups in total. The Morgan fingerprint density at radius 3 is 2.56 bits per heavy atom. The fourth-order valence-corrected chi connectivity index (χ4v) is 4.31. The molecule has 0 bridgehead atoms. The smallest absolute Gasteiger partial charge is 0.384 e. The predicted octanol–water partition coefficient (Wildman–Crippen LogP) is 1.27. The van der Waals surface area contributed by atoms with Gasteiger partial charge in [-0.25, -0.2) is 8.42 Å². The zero-order valence-electron chi connectivity index (χ0n) is 13.2. The van der Waals surface area contributed by atoms with Gasteiger partial charge >= 0.3 is 6.18 Å². The highest BCUT2D eigenvalue weighted by atomic mass is 32.2. The fraction of sp³-hybridized carbons (Fsp3) is 0.533. The molecule has 10 heteroatoms. The molecule has 1 heterocycles. The van der Waals surface area contributed by atoms with Crippen LogP contribution in [0, 0.1) is 0 Å². The van der Waals surface area contributed by atoms with E-state index in [-0.39, 0.29) is 11.4 Å². The Bertz CT molecular complexity index is 694. The van der Waals surface area contributed by atoms with Gasteiger partial charge in [0, 0.05) is 13.1 Å². The molecule has 0 saturated carbocycles. The number of hydrogen-bond acceptors (Lipinski definition) is 4. The van der Waals surface area contributed by atoms with Crippen LogP contribution in [0.4, 0.5) is 13.2 Å². The lowest BCUT2D eigenvalue weighted by atomic mass is 10.2. The number of nitrogens with one attached hydrogen (secondary N) is 1. The molecule has 0 aliphatic carbocycles. The Balaban J connectivity index is 2.00. The largest absolute Gasteiger partial charge is 0.414 e. The quantitative estimate of drug-likeness (QED) is 0.778. The van der Waals surface area contributed by atoms with E-state index in [4.69, 9.17) is 5.11 Å². The number of carbonyl (C=O) groups excluding carboxylic acids is 1. The molecule has 1 aromatic carbocycles. The van der Waals surface area contributed by atoms with E-state index in [1.807, 2.05) is 0 Å². The van der Waals surface area contributed by atoms with Crippen molar-refractivity contribution in [3.8, 4) is 0 Å². The van der Waals surface area contributed by atoms with E-state index < -0.39 is 47.2 Å². The van der Waals surface area contributed by atoms with E-state index in [0.717, 1.165) is 4.31 Å². The maximum absolute atomic E-state index is 12.6. The third kappa shape index (κ3) is 4.71. The van der Waals surface area contributed by atoms with Crippen molar-refractivity contribution in [1.29, 1.82) is 0 Å². The molecule has 1 saturated heterocycles. The minimum atomic E-state index is -4.75. The first-order chi connectivity index (χ1) is 11.6. The highest BCUT2D eigenvalue weighted by molar-refractivity contribution is 7.89. The molecule has 140 valence electrons. The zero-order chi connectivity index (χ0) is 18.7. The van der Waals surface area contributed by atoms with Crippen molar-refractivity contribution in [3.05, 3.63) is 30.3 Å². The van der Waals surface area contributed by atoms with Gasteiger partial charge in [-0.15, -0.1) is 0 Å². The summed E-state index contributed by atoms with van der Waals surface area (Å²) in [6.45, 7) is -0.226. The van der Waals surface area contributed by atoms with Crippen molar-refractivity contribution in [2.24, 2.45) is 0 Å². The molecular formula is C15H19F3N2O4S. The lowest BCUT2D eigenvalue weighted by Crippen LogP contribution is -2.46. The Kier molecular flexibility index (Phi) is 6.07. The van der Waals surface area contributed by atoms with Crippen LogP contribution in [0.25, 0.3) is 0 Å². The van der Waals surface area contributed by atoms with Crippen LogP contribution in [0.5, 0.6) is 0 Å². The maximum Gasteiger partial charge on any atom is 0.414 e. The number of nitrogens with zero attached hydrogens (tertiary/aromatic N) is 1. The number of rotatable bonds is 6. The first kappa shape index (κ1) is 19.7. The third-order valence-electron chi connectivity index (χ3n) is 3.95. The van der Waals surface area contributed by atoms with Crippen LogP contribution >= 0.6 is 0 Å². The minimum Gasteiger partial charge on any atom is -0.384 e. The number of aliphatic hydroxyl groups is 1. The van der Waals surface area contributed by atoms with Crippen molar-refractivity contribution in [2.45, 2.75) is 42.5 Å². The van der Waals surface area contributed by atoms with E-state index in [1.165, 1.54) is 12.1 Å². The Morgan fingerprint density at radius 1 is 1.32 bits per heavy atom. The van der Waals surface area contributed by atoms with Crippen molar-refractivity contribution in [3.63, 3.8) is 0 Å². The van der Waals surface area contributed by atoms with Crippen LogP contribution < -0.4 is 5.32 Å². The number of sulfonamides is 1. The summed E-state index contributed by atoms with van der Waals surface area (Å²) in [4.78, 5) is 12.2. The molecular weight excluding hydrogens is 361 g/mol. The summed E-state index contributed by atoms with van der Waals surface area (Å²) in [6, 6.07) is 6.67. The van der Waals surface area contributed by atoms with Crippen molar-refractivity contribution >= 4 is 15.9 Å². The van der Waals surface area contributed by atoms with E-state index in [0.29, 0.717) is 12.8 Å². The molecule has 0 spiro atoms. The van der Waals surface area contributed by atoms with Crippen LogP contribution in [0.15, 0.2) is 35.2 Å². The van der Waals surface area contributed by atoms with Gasteiger partial charge in [0.25, 0.3) is 0 Å². The molecule has 25 heavy (non-hydrogen) atoms. The van der Waals surface area contributed by atoms with Gasteiger partial charge in [-0.05, 0) is 31.4 Å². The summed E-state index contributed by atoms with van der Waals surface area (Å²) >= 11 is 0. The van der Waals surface area contributed by atoms with Crippen LogP contribution in [-0.4, -0.2) is 55.1 Å². The van der Waals surface area contributed by atoms with Gasteiger partial charge in [0.05, 0.1) is 4.90 Å². The summed E-state index contributed by atoms with van der Waals surface area (Å²) in [5.74, 6) is -0.661. The monoisotopic (exact) mass is 380 g/mol. The zero-order valence-corrected chi connectivity index (χ0v) is 14.1. The molecule has 2 atom stereocenters. The number of amides is 1. The van der Waals surface area contributed by atoms with Crippen molar-refractivity contribution in [2.75, 3.05) is 13.1 Å². The third-order valence-corrected chi connectivity index (χ3v) is 5.87. The van der Waals surface area contributed by atoms with E-state index in [9.17, 15) is 26.4 Å².